The summed E-state index contributed by atoms with van der Waals surface area (Å²) in [5, 5.41) is 3.33. The Kier molecular flexibility index (Phi) is 8.42. The van der Waals surface area contributed by atoms with E-state index in [1.807, 2.05) is 6.07 Å². The van der Waals surface area contributed by atoms with E-state index in [9.17, 15) is 4.79 Å². The van der Waals surface area contributed by atoms with E-state index in [0.29, 0.717) is 19.1 Å². The van der Waals surface area contributed by atoms with E-state index in [0.717, 1.165) is 12.2 Å². The van der Waals surface area contributed by atoms with Crippen molar-refractivity contribution >= 4 is 11.6 Å². The fraction of sp³-hybridized carbons (Fsp3) is 0.500. The van der Waals surface area contributed by atoms with E-state index in [2.05, 4.69) is 48.6 Å². The first kappa shape index (κ1) is 20.2. The van der Waals surface area contributed by atoms with E-state index < -0.39 is 0 Å². The summed E-state index contributed by atoms with van der Waals surface area (Å²) < 4.78 is 0. The molecule has 0 saturated heterocycles. The molecule has 1 aliphatic carbocycles. The predicted molar refractivity (Wildman–Crippen MR) is 110 cm³/mol. The fourth-order valence-corrected chi connectivity index (χ4v) is 3.62. The summed E-state index contributed by atoms with van der Waals surface area (Å²) in [4.78, 5) is 16.6. The summed E-state index contributed by atoms with van der Waals surface area (Å²) in [6.45, 7) is 9.71. The van der Waals surface area contributed by atoms with Crippen molar-refractivity contribution in [1.29, 1.82) is 0 Å². The Balaban J connectivity index is 1.96. The second kappa shape index (κ2) is 10.8. The molecule has 1 fully saturated rings. The maximum atomic E-state index is 12.4. The summed E-state index contributed by atoms with van der Waals surface area (Å²) >= 11 is 0. The number of hydrogen-bond donors (Lipinski definition) is 1. The number of carbonyl (C=O) groups is 1. The van der Waals surface area contributed by atoms with Gasteiger partial charge in [-0.1, -0.05) is 49.6 Å². The van der Waals surface area contributed by atoms with Crippen LogP contribution in [-0.4, -0.2) is 48.4 Å². The summed E-state index contributed by atoms with van der Waals surface area (Å²) in [7, 11) is 2.22. The molecular weight excluding hydrogens is 322 g/mol. The molecule has 0 unspecified atom stereocenters. The van der Waals surface area contributed by atoms with Crippen molar-refractivity contribution in [3.8, 4) is 0 Å². The van der Waals surface area contributed by atoms with Gasteiger partial charge < -0.3 is 10.2 Å². The molecule has 0 heterocycles. The molecule has 142 valence electrons. The van der Waals surface area contributed by atoms with Gasteiger partial charge in [-0.25, -0.2) is 0 Å². The van der Waals surface area contributed by atoms with Gasteiger partial charge in [0.15, 0.2) is 0 Å². The third-order valence-electron chi connectivity index (χ3n) is 5.12. The van der Waals surface area contributed by atoms with Gasteiger partial charge in [0, 0.05) is 31.4 Å². The molecule has 2 rings (SSSR count). The highest BCUT2D eigenvalue weighted by molar-refractivity contribution is 5.81. The molecule has 1 saturated carbocycles. The second-order valence-electron chi connectivity index (χ2n) is 7.09. The number of amides is 1. The number of nitrogens with one attached hydrogen (secondary N) is 1. The Morgan fingerprint density at radius 3 is 2.46 bits per heavy atom. The Hall–Kier alpha value is -2.07. The molecule has 1 amide bonds. The average molecular weight is 356 g/mol. The Morgan fingerprint density at radius 2 is 1.81 bits per heavy atom. The molecule has 26 heavy (non-hydrogen) atoms. The van der Waals surface area contributed by atoms with Gasteiger partial charge in [0.2, 0.25) is 5.91 Å². The van der Waals surface area contributed by atoms with E-state index in [-0.39, 0.29) is 12.5 Å². The van der Waals surface area contributed by atoms with Crippen molar-refractivity contribution in [3.63, 3.8) is 0 Å². The predicted octanol–water partition coefficient (Wildman–Crippen LogP) is 4.06. The van der Waals surface area contributed by atoms with Gasteiger partial charge in [-0.2, -0.15) is 0 Å². The fourth-order valence-electron chi connectivity index (χ4n) is 3.62. The van der Waals surface area contributed by atoms with Crippen LogP contribution < -0.4 is 5.32 Å². The minimum Gasteiger partial charge on any atom is -0.376 e. The first-order chi connectivity index (χ1) is 12.7. The van der Waals surface area contributed by atoms with Crippen molar-refractivity contribution in [2.45, 2.75) is 44.7 Å². The van der Waals surface area contributed by atoms with Crippen LogP contribution in [0.3, 0.4) is 0 Å². The third-order valence-corrected chi connectivity index (χ3v) is 5.12. The van der Waals surface area contributed by atoms with Gasteiger partial charge in [0.05, 0.1) is 6.54 Å². The van der Waals surface area contributed by atoms with E-state index in [1.165, 1.54) is 37.7 Å². The zero-order chi connectivity index (χ0) is 18.8. The van der Waals surface area contributed by atoms with Crippen LogP contribution in [0.5, 0.6) is 0 Å². The molecule has 1 aliphatic rings. The first-order valence-corrected chi connectivity index (χ1v) is 9.67. The minimum atomic E-state index is 0.0558. The number of carbonyl (C=O) groups excluding carboxylic acids is 1. The number of anilines is 1. The molecule has 0 spiro atoms. The molecule has 0 atom stereocenters. The molecule has 0 radical (unpaired) electrons. The summed E-state index contributed by atoms with van der Waals surface area (Å²) in [6.07, 6.45) is 10.1. The van der Waals surface area contributed by atoms with E-state index in [1.54, 1.807) is 17.1 Å². The quantitative estimate of drug-likeness (QED) is 0.643. The van der Waals surface area contributed by atoms with E-state index >= 15 is 0 Å². The van der Waals surface area contributed by atoms with E-state index in [4.69, 9.17) is 0 Å². The van der Waals surface area contributed by atoms with Crippen LogP contribution in [0.1, 0.15) is 37.7 Å². The van der Waals surface area contributed by atoms with Crippen molar-refractivity contribution in [2.24, 2.45) is 0 Å². The lowest BCUT2D eigenvalue weighted by molar-refractivity contribution is -0.128. The topological polar surface area (TPSA) is 35.6 Å². The Morgan fingerprint density at radius 1 is 1.15 bits per heavy atom. The highest BCUT2D eigenvalue weighted by atomic mass is 16.2. The van der Waals surface area contributed by atoms with Gasteiger partial charge >= 0.3 is 0 Å². The molecular formula is C22H33N3O. The van der Waals surface area contributed by atoms with Crippen molar-refractivity contribution < 1.29 is 4.79 Å². The number of hydrogen-bond acceptors (Lipinski definition) is 3. The van der Waals surface area contributed by atoms with Crippen molar-refractivity contribution in [1.82, 2.24) is 9.80 Å². The maximum absolute atomic E-state index is 12.4. The second-order valence-corrected chi connectivity index (χ2v) is 7.09. The number of para-hydroxylation sites is 1. The normalized spacial score (nSPS) is 14.8. The molecule has 4 heteroatoms. The lowest BCUT2D eigenvalue weighted by atomic mass is 9.94. The van der Waals surface area contributed by atoms with Crippen LogP contribution in [-0.2, 0) is 11.3 Å². The number of benzene rings is 1. The van der Waals surface area contributed by atoms with Gasteiger partial charge in [-0.05, 0) is 31.5 Å². The third kappa shape index (κ3) is 6.03. The number of nitrogens with zero attached hydrogens (tertiary/aromatic N) is 2. The standard InChI is InChI=1S/C22H33N3O/c1-4-15-25(16-5-2)22(26)17-23-21-14-10-9-11-19(21)18-24(3)20-12-7-6-8-13-20/h4-5,9-11,14,20,23H,1-2,6-8,12-13,15-18H2,3H3. The molecule has 4 nitrogen and oxygen atoms in total. The molecule has 1 aromatic carbocycles. The van der Waals surface area contributed by atoms with Crippen molar-refractivity contribution in [2.75, 3.05) is 32.0 Å². The Labute approximate surface area is 158 Å². The van der Waals surface area contributed by atoms with Gasteiger partial charge in [-0.15, -0.1) is 13.2 Å². The summed E-state index contributed by atoms with van der Waals surface area (Å²) in [5.41, 5.74) is 2.29. The van der Waals surface area contributed by atoms with Gasteiger partial charge in [0.25, 0.3) is 0 Å². The zero-order valence-electron chi connectivity index (χ0n) is 16.1. The average Bonchev–Trinajstić information content (AvgIpc) is 2.67. The van der Waals surface area contributed by atoms with Gasteiger partial charge in [-0.3, -0.25) is 9.69 Å². The lowest BCUT2D eigenvalue weighted by Crippen LogP contribution is -2.36. The Bertz CT molecular complexity index is 583. The highest BCUT2D eigenvalue weighted by Crippen LogP contribution is 2.24. The van der Waals surface area contributed by atoms with Crippen LogP contribution in [0, 0.1) is 0 Å². The van der Waals surface area contributed by atoms with Crippen LogP contribution in [0.4, 0.5) is 5.69 Å². The SMILES string of the molecule is C=CCN(CC=C)C(=O)CNc1ccccc1CN(C)C1CCCCC1. The monoisotopic (exact) mass is 355 g/mol. The summed E-state index contributed by atoms with van der Waals surface area (Å²) in [6, 6.07) is 8.97. The van der Waals surface area contributed by atoms with Crippen LogP contribution in [0.2, 0.25) is 0 Å². The molecule has 0 bridgehead atoms. The lowest BCUT2D eigenvalue weighted by Gasteiger charge is -2.31. The van der Waals surface area contributed by atoms with Crippen LogP contribution >= 0.6 is 0 Å². The molecule has 0 aliphatic heterocycles. The first-order valence-electron chi connectivity index (χ1n) is 9.67. The molecule has 0 aromatic heterocycles. The van der Waals surface area contributed by atoms with Crippen LogP contribution in [0.15, 0.2) is 49.6 Å². The van der Waals surface area contributed by atoms with Crippen molar-refractivity contribution in [3.05, 3.63) is 55.1 Å². The number of rotatable bonds is 10. The van der Waals surface area contributed by atoms with Gasteiger partial charge in [0.1, 0.15) is 0 Å². The zero-order valence-corrected chi connectivity index (χ0v) is 16.1. The highest BCUT2D eigenvalue weighted by Gasteiger charge is 2.19. The minimum absolute atomic E-state index is 0.0558. The van der Waals surface area contributed by atoms with Crippen LogP contribution in [0.25, 0.3) is 0 Å². The summed E-state index contributed by atoms with van der Waals surface area (Å²) in [5.74, 6) is 0.0558. The maximum Gasteiger partial charge on any atom is 0.242 e. The molecule has 1 aromatic rings. The largest absolute Gasteiger partial charge is 0.376 e. The molecule has 1 N–H and O–H groups in total. The smallest absolute Gasteiger partial charge is 0.242 e.